The van der Waals surface area contributed by atoms with Crippen molar-refractivity contribution in [3.05, 3.63) is 35.2 Å². The zero-order valence-electron chi connectivity index (χ0n) is 14.9. The van der Waals surface area contributed by atoms with Crippen molar-refractivity contribution in [3.63, 3.8) is 0 Å². The summed E-state index contributed by atoms with van der Waals surface area (Å²) in [6.07, 6.45) is -3.49. The number of alkyl halides is 3. The monoisotopic (exact) mass is 414 g/mol. The first kappa shape index (κ1) is 19.8. The van der Waals surface area contributed by atoms with Gasteiger partial charge in [-0.25, -0.2) is 4.79 Å². The molecule has 28 heavy (non-hydrogen) atoms. The van der Waals surface area contributed by atoms with Crippen molar-refractivity contribution >= 4 is 29.3 Å². The summed E-state index contributed by atoms with van der Waals surface area (Å²) < 4.78 is 44.9. The van der Waals surface area contributed by atoms with E-state index in [-0.39, 0.29) is 28.0 Å². The number of hydrogen-bond donors (Lipinski definition) is 1. The van der Waals surface area contributed by atoms with Gasteiger partial charge in [-0.3, -0.25) is 10.3 Å². The lowest BCUT2D eigenvalue weighted by Gasteiger charge is -2.19. The molecule has 0 aliphatic rings. The van der Waals surface area contributed by atoms with Gasteiger partial charge in [-0.1, -0.05) is 11.6 Å². The second kappa shape index (κ2) is 6.89. The number of fused-ring (bicyclic) bond motifs is 1. The Kier molecular flexibility index (Phi) is 4.88. The minimum absolute atomic E-state index is 0.0137. The minimum Gasteiger partial charge on any atom is -0.444 e. The van der Waals surface area contributed by atoms with Crippen molar-refractivity contribution in [2.75, 3.05) is 5.32 Å². The molecule has 0 radical (unpaired) electrons. The number of aromatic nitrogens is 5. The van der Waals surface area contributed by atoms with E-state index in [4.69, 9.17) is 16.3 Å². The highest BCUT2D eigenvalue weighted by molar-refractivity contribution is 6.33. The van der Waals surface area contributed by atoms with Gasteiger partial charge in [0.1, 0.15) is 23.4 Å². The highest BCUT2D eigenvalue weighted by Crippen LogP contribution is 2.34. The Morgan fingerprint density at radius 1 is 1.21 bits per heavy atom. The molecule has 3 aromatic heterocycles. The Balaban J connectivity index is 2.04. The third-order valence-electron chi connectivity index (χ3n) is 3.29. The van der Waals surface area contributed by atoms with Crippen LogP contribution in [0.1, 0.15) is 26.3 Å². The van der Waals surface area contributed by atoms with E-state index in [1.165, 1.54) is 16.9 Å². The van der Waals surface area contributed by atoms with Gasteiger partial charge in [-0.05, 0) is 26.8 Å². The summed E-state index contributed by atoms with van der Waals surface area (Å²) in [5, 5.41) is 6.16. The molecule has 148 valence electrons. The SMILES string of the molecule is CC(C)(C)OC(=O)Nc1cc(-c2ncc(C(F)(F)F)cc2Cl)n2ncnc2n1. The third kappa shape index (κ3) is 4.30. The Hall–Kier alpha value is -2.95. The Morgan fingerprint density at radius 3 is 2.54 bits per heavy atom. The van der Waals surface area contributed by atoms with Crippen LogP contribution in [0.25, 0.3) is 17.2 Å². The number of halogens is 4. The van der Waals surface area contributed by atoms with Gasteiger partial charge in [0.2, 0.25) is 0 Å². The summed E-state index contributed by atoms with van der Waals surface area (Å²) in [4.78, 5) is 23.8. The molecule has 0 saturated carbocycles. The quantitative estimate of drug-likeness (QED) is 0.675. The van der Waals surface area contributed by atoms with Crippen molar-refractivity contribution in [1.82, 2.24) is 24.6 Å². The second-order valence-electron chi connectivity index (χ2n) is 6.68. The molecule has 0 aliphatic carbocycles. The number of nitrogens with zero attached hydrogens (tertiary/aromatic N) is 5. The molecule has 12 heteroatoms. The predicted molar refractivity (Wildman–Crippen MR) is 93.9 cm³/mol. The lowest BCUT2D eigenvalue weighted by atomic mass is 10.2. The maximum absolute atomic E-state index is 12.9. The summed E-state index contributed by atoms with van der Waals surface area (Å²) >= 11 is 6.03. The van der Waals surface area contributed by atoms with Gasteiger partial charge >= 0.3 is 12.3 Å². The molecule has 3 rings (SSSR count). The molecular weight excluding hydrogens is 401 g/mol. The topological polar surface area (TPSA) is 94.3 Å². The van der Waals surface area contributed by atoms with Gasteiger partial charge in [-0.2, -0.15) is 32.8 Å². The molecule has 0 unspecified atom stereocenters. The Labute approximate surface area is 161 Å². The summed E-state index contributed by atoms with van der Waals surface area (Å²) in [7, 11) is 0. The average molecular weight is 415 g/mol. The molecule has 3 aromatic rings. The molecule has 0 fully saturated rings. The van der Waals surface area contributed by atoms with E-state index < -0.39 is 23.4 Å². The predicted octanol–water partition coefficient (Wildman–Crippen LogP) is 4.21. The number of ether oxygens (including phenoxy) is 1. The second-order valence-corrected chi connectivity index (χ2v) is 7.08. The maximum Gasteiger partial charge on any atom is 0.417 e. The van der Waals surface area contributed by atoms with Crippen LogP contribution in [0.2, 0.25) is 5.02 Å². The smallest absolute Gasteiger partial charge is 0.417 e. The van der Waals surface area contributed by atoms with E-state index in [1.54, 1.807) is 20.8 Å². The zero-order chi connectivity index (χ0) is 20.7. The van der Waals surface area contributed by atoms with Gasteiger partial charge in [0.25, 0.3) is 5.78 Å². The summed E-state index contributed by atoms with van der Waals surface area (Å²) in [5.41, 5.74) is -1.52. The van der Waals surface area contributed by atoms with Crippen molar-refractivity contribution in [1.29, 1.82) is 0 Å². The number of nitrogens with one attached hydrogen (secondary N) is 1. The lowest BCUT2D eigenvalue weighted by molar-refractivity contribution is -0.137. The summed E-state index contributed by atoms with van der Waals surface area (Å²) in [5.74, 6) is 0.129. The van der Waals surface area contributed by atoms with Crippen LogP contribution < -0.4 is 5.32 Å². The van der Waals surface area contributed by atoms with Crippen molar-refractivity contribution in [3.8, 4) is 11.4 Å². The van der Waals surface area contributed by atoms with E-state index >= 15 is 0 Å². The number of anilines is 1. The van der Waals surface area contributed by atoms with E-state index in [0.29, 0.717) is 6.20 Å². The minimum atomic E-state index is -4.58. The Bertz CT molecular complexity index is 1050. The van der Waals surface area contributed by atoms with E-state index in [9.17, 15) is 18.0 Å². The molecule has 1 amide bonds. The number of pyridine rings is 1. The van der Waals surface area contributed by atoms with E-state index in [2.05, 4.69) is 25.4 Å². The van der Waals surface area contributed by atoms with Gasteiger partial charge < -0.3 is 4.74 Å². The van der Waals surface area contributed by atoms with E-state index in [1.807, 2.05) is 0 Å². The first-order valence-electron chi connectivity index (χ1n) is 7.88. The molecule has 0 atom stereocenters. The fourth-order valence-corrected chi connectivity index (χ4v) is 2.50. The molecular formula is C16H14ClF3N6O2. The number of rotatable bonds is 2. The lowest BCUT2D eigenvalue weighted by Crippen LogP contribution is -2.27. The van der Waals surface area contributed by atoms with Crippen LogP contribution in [0.15, 0.2) is 24.7 Å². The Morgan fingerprint density at radius 2 is 1.93 bits per heavy atom. The fourth-order valence-electron chi connectivity index (χ4n) is 2.23. The molecule has 8 nitrogen and oxygen atoms in total. The maximum atomic E-state index is 12.9. The average Bonchev–Trinajstić information content (AvgIpc) is 2.99. The molecule has 0 spiro atoms. The number of hydrogen-bond acceptors (Lipinski definition) is 6. The van der Waals surface area contributed by atoms with Crippen LogP contribution in [0.3, 0.4) is 0 Å². The van der Waals surface area contributed by atoms with Crippen LogP contribution in [-0.2, 0) is 10.9 Å². The number of carbonyl (C=O) groups is 1. The van der Waals surface area contributed by atoms with Gasteiger partial charge in [0, 0.05) is 12.3 Å². The molecule has 0 aromatic carbocycles. The van der Waals surface area contributed by atoms with Gasteiger partial charge in [0.15, 0.2) is 0 Å². The largest absolute Gasteiger partial charge is 0.444 e. The van der Waals surface area contributed by atoms with Crippen molar-refractivity contribution < 1.29 is 22.7 Å². The zero-order valence-corrected chi connectivity index (χ0v) is 15.6. The molecule has 0 saturated heterocycles. The first-order chi connectivity index (χ1) is 12.9. The normalized spacial score (nSPS) is 12.2. The molecule has 1 N–H and O–H groups in total. The highest BCUT2D eigenvalue weighted by Gasteiger charge is 2.32. The molecule has 0 aliphatic heterocycles. The van der Waals surface area contributed by atoms with Crippen LogP contribution in [0, 0.1) is 0 Å². The van der Waals surface area contributed by atoms with E-state index in [0.717, 1.165) is 6.07 Å². The van der Waals surface area contributed by atoms with Crippen molar-refractivity contribution in [2.24, 2.45) is 0 Å². The van der Waals surface area contributed by atoms with Gasteiger partial charge in [-0.15, -0.1) is 0 Å². The first-order valence-corrected chi connectivity index (χ1v) is 8.26. The van der Waals surface area contributed by atoms with Gasteiger partial charge in [0.05, 0.1) is 16.3 Å². The number of amides is 1. The van der Waals surface area contributed by atoms with Crippen LogP contribution in [-0.4, -0.2) is 36.3 Å². The van der Waals surface area contributed by atoms with Crippen LogP contribution in [0.4, 0.5) is 23.8 Å². The molecule has 3 heterocycles. The highest BCUT2D eigenvalue weighted by atomic mass is 35.5. The summed E-state index contributed by atoms with van der Waals surface area (Å²) in [6, 6.07) is 2.11. The number of carbonyl (C=O) groups excluding carboxylic acids is 1. The standard InChI is InChI=1S/C16H14ClF3N6O2/c1-15(2,3)28-14(27)25-11-5-10(26-13(24-11)22-7-23-26)12-9(17)4-8(6-21-12)16(18,19)20/h4-7H,1-3H3,(H,22,23,24,25,27). The fraction of sp³-hybridized carbons (Fsp3) is 0.312. The van der Waals surface area contributed by atoms with Crippen LogP contribution in [0.5, 0.6) is 0 Å². The third-order valence-corrected chi connectivity index (χ3v) is 3.58. The van der Waals surface area contributed by atoms with Crippen LogP contribution >= 0.6 is 11.6 Å². The summed E-state index contributed by atoms with van der Waals surface area (Å²) in [6.45, 7) is 5.08. The van der Waals surface area contributed by atoms with Crippen molar-refractivity contribution in [2.45, 2.75) is 32.5 Å². The molecule has 0 bridgehead atoms.